The molecular weight excluding hydrogens is 228 g/mol. The number of hydrazine groups is 1. The van der Waals surface area contributed by atoms with Crippen LogP contribution < -0.4 is 11.3 Å². The van der Waals surface area contributed by atoms with Crippen molar-refractivity contribution in [2.45, 2.75) is 4.90 Å². The Morgan fingerprint density at radius 3 is 2.44 bits per heavy atom. The van der Waals surface area contributed by atoms with Crippen molar-refractivity contribution in [2.24, 2.45) is 5.84 Å². The van der Waals surface area contributed by atoms with Gasteiger partial charge in [-0.2, -0.15) is 8.42 Å². The van der Waals surface area contributed by atoms with Crippen LogP contribution in [-0.4, -0.2) is 13.0 Å². The van der Waals surface area contributed by atoms with Gasteiger partial charge in [-0.25, -0.2) is 0 Å². The zero-order chi connectivity index (χ0) is 11.8. The highest BCUT2D eigenvalue weighted by atomic mass is 32.2. The average molecular weight is 238 g/mol. The van der Waals surface area contributed by atoms with Gasteiger partial charge in [-0.05, 0) is 11.5 Å². The summed E-state index contributed by atoms with van der Waals surface area (Å²) in [5.74, 6) is 5.21. The highest BCUT2D eigenvalue weighted by molar-refractivity contribution is 7.86. The maximum Gasteiger partial charge on any atom is 0.297 e. The molecule has 0 unspecified atom stereocenters. The summed E-state index contributed by atoms with van der Waals surface area (Å²) in [6.07, 6.45) is 0. The van der Waals surface area contributed by atoms with E-state index in [4.69, 9.17) is 5.84 Å². The Hall–Kier alpha value is -1.63. The Balaban J connectivity index is 2.95. The minimum atomic E-state index is -4.31. The van der Waals surface area contributed by atoms with Crippen LogP contribution in [0.25, 0.3) is 10.8 Å². The van der Waals surface area contributed by atoms with Crippen LogP contribution in [0.15, 0.2) is 41.3 Å². The van der Waals surface area contributed by atoms with Crippen molar-refractivity contribution in [3.05, 3.63) is 36.4 Å². The second-order valence-corrected chi connectivity index (χ2v) is 4.64. The second-order valence-electron chi connectivity index (χ2n) is 3.28. The van der Waals surface area contributed by atoms with Crippen molar-refractivity contribution in [1.29, 1.82) is 0 Å². The lowest BCUT2D eigenvalue weighted by Gasteiger charge is -2.09. The molecule has 0 spiro atoms. The van der Waals surface area contributed by atoms with E-state index in [0.717, 1.165) is 0 Å². The number of fused-ring (bicyclic) bond motifs is 1. The Bertz CT molecular complexity index is 638. The third-order valence-electron chi connectivity index (χ3n) is 2.29. The van der Waals surface area contributed by atoms with Crippen molar-refractivity contribution in [3.8, 4) is 0 Å². The van der Waals surface area contributed by atoms with Gasteiger partial charge in [-0.3, -0.25) is 10.4 Å². The van der Waals surface area contributed by atoms with Crippen molar-refractivity contribution in [2.75, 3.05) is 5.43 Å². The van der Waals surface area contributed by atoms with Gasteiger partial charge in [0.05, 0.1) is 5.69 Å². The molecule has 2 aromatic carbocycles. The van der Waals surface area contributed by atoms with Gasteiger partial charge in [0, 0.05) is 5.39 Å². The average Bonchev–Trinajstić information content (AvgIpc) is 2.26. The number of nitrogens with one attached hydrogen (secondary N) is 1. The van der Waals surface area contributed by atoms with Gasteiger partial charge in [0.1, 0.15) is 4.90 Å². The maximum absolute atomic E-state index is 11.3. The summed E-state index contributed by atoms with van der Waals surface area (Å²) < 4.78 is 31.7. The molecular formula is C10H10N2O3S. The van der Waals surface area contributed by atoms with Gasteiger partial charge < -0.3 is 5.43 Å². The largest absolute Gasteiger partial charge is 0.323 e. The summed E-state index contributed by atoms with van der Waals surface area (Å²) >= 11 is 0. The first-order valence-electron chi connectivity index (χ1n) is 4.50. The first kappa shape index (κ1) is 10.9. The monoisotopic (exact) mass is 238 g/mol. The molecule has 6 heteroatoms. The summed E-state index contributed by atoms with van der Waals surface area (Å²) in [5, 5.41) is 1.15. The van der Waals surface area contributed by atoms with Crippen molar-refractivity contribution < 1.29 is 13.0 Å². The van der Waals surface area contributed by atoms with E-state index >= 15 is 0 Å². The van der Waals surface area contributed by atoms with E-state index in [9.17, 15) is 13.0 Å². The molecule has 0 saturated carbocycles. The molecule has 5 nitrogen and oxygen atoms in total. The van der Waals surface area contributed by atoms with Crippen LogP contribution in [-0.2, 0) is 10.1 Å². The quantitative estimate of drug-likeness (QED) is 0.417. The molecule has 0 radical (unpaired) electrons. The van der Waals surface area contributed by atoms with Crippen LogP contribution in [0.1, 0.15) is 0 Å². The van der Waals surface area contributed by atoms with E-state index in [-0.39, 0.29) is 10.6 Å². The summed E-state index contributed by atoms with van der Waals surface area (Å²) in [6, 6.07) is 10.1. The van der Waals surface area contributed by atoms with Gasteiger partial charge in [0.2, 0.25) is 0 Å². The minimum Gasteiger partial charge on any atom is -0.323 e. The van der Waals surface area contributed by atoms with Crippen molar-refractivity contribution in [3.63, 3.8) is 0 Å². The third-order valence-corrected chi connectivity index (χ3v) is 3.25. The molecule has 4 N–H and O–H groups in total. The highest BCUT2D eigenvalue weighted by Crippen LogP contribution is 2.29. The second kappa shape index (κ2) is 3.75. The van der Waals surface area contributed by atoms with Gasteiger partial charge in [-0.1, -0.05) is 30.3 Å². The van der Waals surface area contributed by atoms with Gasteiger partial charge in [-0.15, -0.1) is 0 Å². The number of hydrogen-bond donors (Lipinski definition) is 3. The zero-order valence-electron chi connectivity index (χ0n) is 8.21. The third kappa shape index (κ3) is 1.73. The van der Waals surface area contributed by atoms with E-state index in [1.165, 1.54) is 6.07 Å². The molecule has 16 heavy (non-hydrogen) atoms. The molecule has 0 aliphatic rings. The zero-order valence-corrected chi connectivity index (χ0v) is 9.03. The molecule has 0 aliphatic heterocycles. The van der Waals surface area contributed by atoms with Crippen molar-refractivity contribution >= 4 is 26.6 Å². The molecule has 84 valence electrons. The van der Waals surface area contributed by atoms with Crippen LogP contribution in [0, 0.1) is 0 Å². The number of hydrogen-bond acceptors (Lipinski definition) is 4. The summed E-state index contributed by atoms with van der Waals surface area (Å²) in [7, 11) is -4.31. The SMILES string of the molecule is NNc1ccc2ccccc2c1S(=O)(=O)O. The topological polar surface area (TPSA) is 92.4 Å². The first-order valence-corrected chi connectivity index (χ1v) is 5.94. The van der Waals surface area contributed by atoms with Crippen LogP contribution in [0.3, 0.4) is 0 Å². The minimum absolute atomic E-state index is 0.168. The van der Waals surface area contributed by atoms with Crippen molar-refractivity contribution in [1.82, 2.24) is 0 Å². The Morgan fingerprint density at radius 2 is 1.81 bits per heavy atom. The standard InChI is InChI=1S/C10H10N2O3S/c11-12-9-6-5-7-3-1-2-4-8(7)10(9)16(13,14)15/h1-6,12H,11H2,(H,13,14,15). The number of nitrogens with two attached hydrogens (primary N) is 1. The smallest absolute Gasteiger partial charge is 0.297 e. The lowest BCUT2D eigenvalue weighted by molar-refractivity contribution is 0.484. The van der Waals surface area contributed by atoms with Crippen LogP contribution in [0.5, 0.6) is 0 Å². The fraction of sp³-hybridized carbons (Fsp3) is 0. The summed E-state index contributed by atoms with van der Waals surface area (Å²) in [5.41, 5.74) is 2.42. The van der Waals surface area contributed by atoms with Crippen LogP contribution in [0.2, 0.25) is 0 Å². The van der Waals surface area contributed by atoms with E-state index in [0.29, 0.717) is 10.8 Å². The van der Waals surface area contributed by atoms with E-state index in [1.807, 2.05) is 0 Å². The Kier molecular flexibility index (Phi) is 2.55. The predicted octanol–water partition coefficient (Wildman–Crippen LogP) is 1.37. The van der Waals surface area contributed by atoms with Gasteiger partial charge in [0.25, 0.3) is 10.1 Å². The Labute approximate surface area is 92.6 Å². The van der Waals surface area contributed by atoms with E-state index in [2.05, 4.69) is 5.43 Å². The molecule has 0 atom stereocenters. The molecule has 0 fully saturated rings. The molecule has 2 rings (SSSR count). The van der Waals surface area contributed by atoms with E-state index in [1.54, 1.807) is 30.3 Å². The molecule has 0 aliphatic carbocycles. The Morgan fingerprint density at radius 1 is 1.12 bits per heavy atom. The lowest BCUT2D eigenvalue weighted by Crippen LogP contribution is -2.12. The van der Waals surface area contributed by atoms with E-state index < -0.39 is 10.1 Å². The number of benzene rings is 2. The molecule has 2 aromatic rings. The molecule has 0 aromatic heterocycles. The fourth-order valence-electron chi connectivity index (χ4n) is 1.63. The van der Waals surface area contributed by atoms with Crippen LogP contribution in [0.4, 0.5) is 5.69 Å². The number of anilines is 1. The van der Waals surface area contributed by atoms with Crippen LogP contribution >= 0.6 is 0 Å². The first-order chi connectivity index (χ1) is 7.54. The molecule has 0 saturated heterocycles. The summed E-state index contributed by atoms with van der Waals surface area (Å²) in [4.78, 5) is -0.201. The summed E-state index contributed by atoms with van der Waals surface area (Å²) in [6.45, 7) is 0. The number of rotatable bonds is 2. The normalized spacial score (nSPS) is 11.6. The highest BCUT2D eigenvalue weighted by Gasteiger charge is 2.18. The lowest BCUT2D eigenvalue weighted by atomic mass is 10.1. The predicted molar refractivity (Wildman–Crippen MR) is 61.6 cm³/mol. The molecule has 0 amide bonds. The van der Waals surface area contributed by atoms with Gasteiger partial charge >= 0.3 is 0 Å². The van der Waals surface area contributed by atoms with Gasteiger partial charge in [0.15, 0.2) is 0 Å². The molecule has 0 heterocycles. The number of nitrogen functional groups attached to an aromatic ring is 1. The maximum atomic E-state index is 11.3. The fourth-order valence-corrected chi connectivity index (χ4v) is 2.50. The molecule has 0 bridgehead atoms.